The van der Waals surface area contributed by atoms with Gasteiger partial charge in [0.25, 0.3) is 0 Å². The van der Waals surface area contributed by atoms with Gasteiger partial charge in [0.05, 0.1) is 35.1 Å². The van der Waals surface area contributed by atoms with Gasteiger partial charge in [-0.25, -0.2) is 9.69 Å². The monoisotopic (exact) mass is 465 g/mol. The van der Waals surface area contributed by atoms with Crippen LogP contribution in [0.3, 0.4) is 0 Å². The highest BCUT2D eigenvalue weighted by Crippen LogP contribution is 2.64. The third-order valence-electron chi connectivity index (χ3n) is 7.79. The molecule has 6 heteroatoms. The topological polar surface area (TPSA) is 80.8 Å². The van der Waals surface area contributed by atoms with Gasteiger partial charge >= 0.3 is 5.97 Å². The largest absolute Gasteiger partial charge is 0.462 e. The van der Waals surface area contributed by atoms with Crippen LogP contribution >= 0.6 is 0 Å². The lowest BCUT2D eigenvalue weighted by Crippen LogP contribution is -2.57. The van der Waals surface area contributed by atoms with Crippen LogP contribution in [0.5, 0.6) is 0 Å². The number of ether oxygens (including phenoxy) is 1. The highest BCUT2D eigenvalue weighted by atomic mass is 16.5. The number of rotatable bonds is 4. The number of amides is 2. The van der Waals surface area contributed by atoms with Gasteiger partial charge in [-0.05, 0) is 54.3 Å². The second-order valence-corrected chi connectivity index (χ2v) is 9.30. The third kappa shape index (κ3) is 2.59. The van der Waals surface area contributed by atoms with Crippen LogP contribution in [-0.2, 0) is 24.5 Å². The average Bonchev–Trinajstić information content (AvgIpc) is 3.14. The lowest BCUT2D eigenvalue weighted by Gasteiger charge is -2.52. The molecule has 2 bridgehead atoms. The molecule has 0 N–H and O–H groups in total. The molecule has 7 rings (SSSR count). The van der Waals surface area contributed by atoms with E-state index in [1.807, 2.05) is 48.5 Å². The quantitative estimate of drug-likeness (QED) is 0.430. The number of carbonyl (C=O) groups excluding carboxylic acids is 4. The average molecular weight is 466 g/mol. The molecule has 1 fully saturated rings. The van der Waals surface area contributed by atoms with Crippen molar-refractivity contribution in [1.82, 2.24) is 0 Å². The van der Waals surface area contributed by atoms with E-state index in [1.165, 1.54) is 17.9 Å². The minimum atomic E-state index is -1.24. The van der Waals surface area contributed by atoms with E-state index in [0.717, 1.165) is 22.3 Å². The molecule has 35 heavy (non-hydrogen) atoms. The van der Waals surface area contributed by atoms with E-state index >= 15 is 0 Å². The molecule has 2 atom stereocenters. The standard InChI is InChI=1S/C29H23NO5/c1-3-35-28(34)17-9-8-10-18(15-17)30-26(32)24-23-19-11-4-6-13-21(19)29(16(2)31,25(24)27(30)33)22-14-7-5-12-20(22)23/h4-15,23-25H,3H2,1-2H3/t23?,24-,25+,29?/m1/s1. The van der Waals surface area contributed by atoms with Crippen LogP contribution in [0.4, 0.5) is 5.69 Å². The summed E-state index contributed by atoms with van der Waals surface area (Å²) in [5.74, 6) is -3.33. The van der Waals surface area contributed by atoms with Crippen LogP contribution in [0.1, 0.15) is 52.4 Å². The van der Waals surface area contributed by atoms with Crippen LogP contribution in [0.15, 0.2) is 72.8 Å². The van der Waals surface area contributed by atoms with Crippen LogP contribution in [0, 0.1) is 11.8 Å². The molecule has 1 saturated heterocycles. The Morgan fingerprint density at radius 1 is 0.886 bits per heavy atom. The van der Waals surface area contributed by atoms with Crippen LogP contribution in [0.25, 0.3) is 0 Å². The van der Waals surface area contributed by atoms with Crippen molar-refractivity contribution >= 4 is 29.3 Å². The minimum Gasteiger partial charge on any atom is -0.462 e. The Hall–Kier alpha value is -4.06. The van der Waals surface area contributed by atoms with Crippen molar-refractivity contribution in [3.63, 3.8) is 0 Å². The van der Waals surface area contributed by atoms with Gasteiger partial charge in [0.1, 0.15) is 5.78 Å². The Labute approximate surface area is 202 Å². The highest BCUT2D eigenvalue weighted by Gasteiger charge is 2.70. The van der Waals surface area contributed by atoms with Crippen LogP contribution in [-0.4, -0.2) is 30.2 Å². The van der Waals surface area contributed by atoms with Gasteiger partial charge in [0.2, 0.25) is 11.8 Å². The van der Waals surface area contributed by atoms with Gasteiger partial charge in [-0.2, -0.15) is 0 Å². The predicted octanol–water partition coefficient (Wildman–Crippen LogP) is 4.00. The summed E-state index contributed by atoms with van der Waals surface area (Å²) in [5.41, 5.74) is 2.78. The zero-order valence-electron chi connectivity index (χ0n) is 19.4. The molecule has 4 aliphatic rings. The molecule has 0 unspecified atom stereocenters. The molecule has 1 aliphatic heterocycles. The summed E-state index contributed by atoms with van der Waals surface area (Å²) >= 11 is 0. The first-order chi connectivity index (χ1) is 16.9. The first-order valence-corrected chi connectivity index (χ1v) is 11.8. The van der Waals surface area contributed by atoms with Crippen molar-refractivity contribution in [3.05, 3.63) is 101 Å². The lowest BCUT2D eigenvalue weighted by atomic mass is 9.46. The van der Waals surface area contributed by atoms with Crippen molar-refractivity contribution in [2.24, 2.45) is 11.8 Å². The smallest absolute Gasteiger partial charge is 0.338 e. The SMILES string of the molecule is CCOC(=O)c1cccc(N2C(=O)[C@@H]3C4c5ccccc5C(C(C)=O)(c5ccccc54)[C@@H]3C2=O)c1. The van der Waals surface area contributed by atoms with E-state index in [-0.39, 0.29) is 29.8 Å². The number of imide groups is 1. The molecule has 2 amide bonds. The molecule has 0 spiro atoms. The van der Waals surface area contributed by atoms with Crippen molar-refractivity contribution in [3.8, 4) is 0 Å². The number of ketones is 1. The summed E-state index contributed by atoms with van der Waals surface area (Å²) in [5, 5.41) is 0. The number of anilines is 1. The number of benzene rings is 3. The fourth-order valence-corrected chi connectivity index (χ4v) is 6.61. The first kappa shape index (κ1) is 21.5. The zero-order chi connectivity index (χ0) is 24.5. The van der Waals surface area contributed by atoms with Gasteiger partial charge in [-0.1, -0.05) is 54.6 Å². The maximum atomic E-state index is 14.1. The van der Waals surface area contributed by atoms with Gasteiger partial charge in [0, 0.05) is 5.92 Å². The first-order valence-electron chi connectivity index (χ1n) is 11.8. The summed E-state index contributed by atoms with van der Waals surface area (Å²) in [6.45, 7) is 3.44. The molecule has 3 aromatic carbocycles. The highest BCUT2D eigenvalue weighted by molar-refractivity contribution is 6.25. The van der Waals surface area contributed by atoms with E-state index in [2.05, 4.69) is 0 Å². The Morgan fingerprint density at radius 3 is 2.11 bits per heavy atom. The van der Waals surface area contributed by atoms with Crippen molar-refractivity contribution < 1.29 is 23.9 Å². The second-order valence-electron chi connectivity index (χ2n) is 9.30. The summed E-state index contributed by atoms with van der Waals surface area (Å²) in [7, 11) is 0. The molecule has 0 saturated carbocycles. The predicted molar refractivity (Wildman–Crippen MR) is 128 cm³/mol. The molecule has 0 radical (unpaired) electrons. The van der Waals surface area contributed by atoms with Crippen molar-refractivity contribution in [1.29, 1.82) is 0 Å². The van der Waals surface area contributed by atoms with Gasteiger partial charge in [-0.3, -0.25) is 14.4 Å². The van der Waals surface area contributed by atoms with E-state index < -0.39 is 29.1 Å². The summed E-state index contributed by atoms with van der Waals surface area (Å²) in [4.78, 5) is 55.2. The van der Waals surface area contributed by atoms with Crippen LogP contribution < -0.4 is 4.90 Å². The normalized spacial score (nSPS) is 25.7. The molecule has 3 aliphatic carbocycles. The minimum absolute atomic E-state index is 0.158. The van der Waals surface area contributed by atoms with E-state index in [0.29, 0.717) is 5.69 Å². The number of hydrogen-bond acceptors (Lipinski definition) is 5. The van der Waals surface area contributed by atoms with Gasteiger partial charge < -0.3 is 4.74 Å². The maximum absolute atomic E-state index is 14.1. The fourth-order valence-electron chi connectivity index (χ4n) is 6.61. The summed E-state index contributed by atoms with van der Waals surface area (Å²) in [6.07, 6.45) is 0. The Kier molecular flexibility index (Phi) is 4.58. The second kappa shape index (κ2) is 7.47. The Bertz CT molecular complexity index is 1390. The maximum Gasteiger partial charge on any atom is 0.338 e. The molecule has 1 heterocycles. The Balaban J connectivity index is 1.57. The number of esters is 1. The molecule has 174 valence electrons. The molecule has 3 aromatic rings. The number of Topliss-reactive ketones (excluding diaryl/α,β-unsaturated/α-hetero) is 1. The molecular weight excluding hydrogens is 442 g/mol. The van der Waals surface area contributed by atoms with E-state index in [9.17, 15) is 19.2 Å². The summed E-state index contributed by atoms with van der Waals surface area (Å²) in [6, 6.07) is 21.7. The third-order valence-corrected chi connectivity index (χ3v) is 7.79. The zero-order valence-corrected chi connectivity index (χ0v) is 19.4. The van der Waals surface area contributed by atoms with Crippen molar-refractivity contribution in [2.45, 2.75) is 25.2 Å². The van der Waals surface area contributed by atoms with Crippen LogP contribution in [0.2, 0.25) is 0 Å². The molecule has 0 aromatic heterocycles. The Morgan fingerprint density at radius 2 is 1.51 bits per heavy atom. The number of hydrogen-bond donors (Lipinski definition) is 0. The van der Waals surface area contributed by atoms with E-state index in [1.54, 1.807) is 25.1 Å². The van der Waals surface area contributed by atoms with Gasteiger partial charge in [-0.15, -0.1) is 0 Å². The molecule has 6 nitrogen and oxygen atoms in total. The van der Waals surface area contributed by atoms with E-state index in [4.69, 9.17) is 4.74 Å². The van der Waals surface area contributed by atoms with Gasteiger partial charge in [0.15, 0.2) is 0 Å². The summed E-state index contributed by atoms with van der Waals surface area (Å²) < 4.78 is 5.10. The number of carbonyl (C=O) groups is 4. The number of nitrogens with zero attached hydrogens (tertiary/aromatic N) is 1. The lowest BCUT2D eigenvalue weighted by molar-refractivity contribution is -0.132. The van der Waals surface area contributed by atoms with Crippen molar-refractivity contribution in [2.75, 3.05) is 11.5 Å². The fraction of sp³-hybridized carbons (Fsp3) is 0.241. The molecular formula is C29H23NO5.